The molecule has 0 unspecified atom stereocenters. The molecule has 0 amide bonds. The van der Waals surface area contributed by atoms with Crippen LogP contribution in [0.5, 0.6) is 0 Å². The van der Waals surface area contributed by atoms with Crippen LogP contribution in [0.2, 0.25) is 10.0 Å². The topological polar surface area (TPSA) is 29.9 Å². The summed E-state index contributed by atoms with van der Waals surface area (Å²) in [5.41, 5.74) is 2.47. The Labute approximate surface area is 176 Å². The summed E-state index contributed by atoms with van der Waals surface area (Å²) in [6.45, 7) is 2.65. The van der Waals surface area contributed by atoms with Gasteiger partial charge in [0, 0.05) is 22.7 Å². The summed E-state index contributed by atoms with van der Waals surface area (Å²) < 4.78 is 41.6. The third-order valence-corrected chi connectivity index (χ3v) is 5.88. The van der Waals surface area contributed by atoms with Crippen molar-refractivity contribution in [2.75, 3.05) is 11.9 Å². The van der Waals surface area contributed by atoms with Gasteiger partial charge in [-0.3, -0.25) is 0 Å². The number of aromatic nitrogens is 2. The minimum atomic E-state index is -4.46. The van der Waals surface area contributed by atoms with Gasteiger partial charge in [0.2, 0.25) is 0 Å². The molecular formula is C21H18Cl2F3N3. The van der Waals surface area contributed by atoms with Gasteiger partial charge in [0.05, 0.1) is 22.0 Å². The lowest BCUT2D eigenvalue weighted by Crippen LogP contribution is -2.08. The van der Waals surface area contributed by atoms with Gasteiger partial charge in [-0.05, 0) is 62.1 Å². The van der Waals surface area contributed by atoms with E-state index in [1.54, 1.807) is 10.7 Å². The molecule has 3 aromatic rings. The number of hydrogen-bond donors (Lipinski definition) is 1. The molecule has 29 heavy (non-hydrogen) atoms. The molecule has 0 aliphatic carbocycles. The molecule has 0 spiro atoms. The first-order valence-electron chi connectivity index (χ1n) is 9.25. The second-order valence-corrected chi connectivity index (χ2v) is 7.86. The van der Waals surface area contributed by atoms with Crippen molar-refractivity contribution in [1.29, 1.82) is 0 Å². The SMILES string of the molecule is Cc1c(Cl)cccc1-n1nc(-c2cc(C(F)(F)F)ccc2Cl)c2c1NCCCC2. The van der Waals surface area contributed by atoms with Gasteiger partial charge in [-0.1, -0.05) is 29.3 Å². The molecule has 0 saturated carbocycles. The minimum Gasteiger partial charge on any atom is -0.370 e. The number of nitrogens with one attached hydrogen (secondary N) is 1. The Morgan fingerprint density at radius 3 is 2.62 bits per heavy atom. The highest BCUT2D eigenvalue weighted by molar-refractivity contribution is 6.33. The van der Waals surface area contributed by atoms with E-state index in [0.717, 1.165) is 54.2 Å². The Kier molecular flexibility index (Phi) is 5.25. The molecule has 2 aromatic carbocycles. The Morgan fingerprint density at radius 2 is 1.86 bits per heavy atom. The van der Waals surface area contributed by atoms with Gasteiger partial charge in [-0.15, -0.1) is 0 Å². The number of fused-ring (bicyclic) bond motifs is 1. The molecule has 3 nitrogen and oxygen atoms in total. The van der Waals surface area contributed by atoms with Crippen molar-refractivity contribution in [2.45, 2.75) is 32.4 Å². The highest BCUT2D eigenvalue weighted by Crippen LogP contribution is 2.40. The van der Waals surface area contributed by atoms with Gasteiger partial charge in [0.1, 0.15) is 5.82 Å². The fourth-order valence-electron chi connectivity index (χ4n) is 3.60. The molecule has 0 saturated heterocycles. The van der Waals surface area contributed by atoms with Crippen molar-refractivity contribution in [2.24, 2.45) is 0 Å². The molecular weight excluding hydrogens is 422 g/mol. The molecule has 0 fully saturated rings. The predicted molar refractivity (Wildman–Crippen MR) is 110 cm³/mol. The fraction of sp³-hybridized carbons (Fsp3) is 0.286. The fourth-order valence-corrected chi connectivity index (χ4v) is 3.98. The Balaban J connectivity index is 1.97. The Bertz CT molecular complexity index is 1070. The lowest BCUT2D eigenvalue weighted by atomic mass is 10.0. The van der Waals surface area contributed by atoms with E-state index >= 15 is 0 Å². The average molecular weight is 440 g/mol. The molecule has 1 aromatic heterocycles. The molecule has 1 aliphatic rings. The number of halogens is 5. The molecule has 0 bridgehead atoms. The summed E-state index contributed by atoms with van der Waals surface area (Å²) in [6.07, 6.45) is -1.90. The van der Waals surface area contributed by atoms with Gasteiger partial charge in [0.15, 0.2) is 0 Å². The van der Waals surface area contributed by atoms with Crippen LogP contribution in [-0.4, -0.2) is 16.3 Å². The monoisotopic (exact) mass is 439 g/mol. The quantitative estimate of drug-likeness (QED) is 0.469. The summed E-state index contributed by atoms with van der Waals surface area (Å²) in [5.74, 6) is 0.774. The van der Waals surface area contributed by atoms with Gasteiger partial charge in [-0.2, -0.15) is 18.3 Å². The van der Waals surface area contributed by atoms with E-state index in [2.05, 4.69) is 5.32 Å². The summed E-state index contributed by atoms with van der Waals surface area (Å²) in [5, 5.41) is 8.92. The van der Waals surface area contributed by atoms with Gasteiger partial charge < -0.3 is 5.32 Å². The molecule has 2 heterocycles. The normalized spacial score (nSPS) is 14.3. The summed E-state index contributed by atoms with van der Waals surface area (Å²) in [7, 11) is 0. The van der Waals surface area contributed by atoms with E-state index in [4.69, 9.17) is 28.3 Å². The van der Waals surface area contributed by atoms with Crippen molar-refractivity contribution < 1.29 is 13.2 Å². The van der Waals surface area contributed by atoms with E-state index < -0.39 is 11.7 Å². The molecule has 1 aliphatic heterocycles. The molecule has 0 radical (unpaired) electrons. The molecule has 1 N–H and O–H groups in total. The average Bonchev–Trinajstić information content (AvgIpc) is 2.85. The predicted octanol–water partition coefficient (Wildman–Crippen LogP) is 6.92. The maximum Gasteiger partial charge on any atom is 0.416 e. The standard InChI is InChI=1S/C21H18Cl2F3N3/c1-12-16(22)6-4-7-18(12)29-20-14(5-2-3-10-27-20)19(28-29)15-11-13(21(24,25)26)8-9-17(15)23/h4,6-9,11,27H,2-3,5,10H2,1H3. The van der Waals surface area contributed by atoms with Crippen molar-refractivity contribution in [3.8, 4) is 16.9 Å². The van der Waals surface area contributed by atoms with E-state index in [9.17, 15) is 13.2 Å². The first-order chi connectivity index (χ1) is 13.8. The van der Waals surface area contributed by atoms with Crippen molar-refractivity contribution >= 4 is 29.0 Å². The summed E-state index contributed by atoms with van der Waals surface area (Å²) in [6, 6.07) is 8.84. The van der Waals surface area contributed by atoms with Gasteiger partial charge in [0.25, 0.3) is 0 Å². The lowest BCUT2D eigenvalue weighted by Gasteiger charge is -2.12. The van der Waals surface area contributed by atoms with Crippen LogP contribution in [0.3, 0.4) is 0 Å². The minimum absolute atomic E-state index is 0.234. The first-order valence-corrected chi connectivity index (χ1v) is 10.0. The third-order valence-electron chi connectivity index (χ3n) is 5.15. The van der Waals surface area contributed by atoms with Crippen LogP contribution in [0, 0.1) is 6.92 Å². The van der Waals surface area contributed by atoms with Crippen molar-refractivity contribution in [1.82, 2.24) is 9.78 Å². The smallest absolute Gasteiger partial charge is 0.370 e. The number of alkyl halides is 3. The second kappa shape index (κ2) is 7.58. The molecule has 8 heteroatoms. The Morgan fingerprint density at radius 1 is 1.07 bits per heavy atom. The highest BCUT2D eigenvalue weighted by Gasteiger charge is 2.32. The van der Waals surface area contributed by atoms with Crippen LogP contribution in [0.4, 0.5) is 19.0 Å². The van der Waals surface area contributed by atoms with Crippen LogP contribution < -0.4 is 5.32 Å². The van der Waals surface area contributed by atoms with Crippen LogP contribution in [-0.2, 0) is 12.6 Å². The van der Waals surface area contributed by atoms with Crippen LogP contribution in [0.1, 0.15) is 29.5 Å². The maximum atomic E-state index is 13.3. The van der Waals surface area contributed by atoms with E-state index in [-0.39, 0.29) is 10.6 Å². The Hall–Kier alpha value is -2.18. The van der Waals surface area contributed by atoms with E-state index in [1.165, 1.54) is 6.07 Å². The number of rotatable bonds is 2. The zero-order valence-corrected chi connectivity index (χ0v) is 17.1. The van der Waals surface area contributed by atoms with Crippen molar-refractivity contribution in [3.63, 3.8) is 0 Å². The largest absolute Gasteiger partial charge is 0.416 e. The number of hydrogen-bond acceptors (Lipinski definition) is 2. The first kappa shape index (κ1) is 20.1. The van der Waals surface area contributed by atoms with Crippen LogP contribution in [0.15, 0.2) is 36.4 Å². The van der Waals surface area contributed by atoms with Crippen molar-refractivity contribution in [3.05, 3.63) is 63.1 Å². The maximum absolute atomic E-state index is 13.3. The van der Waals surface area contributed by atoms with Gasteiger partial charge >= 0.3 is 6.18 Å². The van der Waals surface area contributed by atoms with Crippen LogP contribution >= 0.6 is 23.2 Å². The molecule has 4 rings (SSSR count). The van der Waals surface area contributed by atoms with E-state index in [0.29, 0.717) is 17.1 Å². The summed E-state index contributed by atoms with van der Waals surface area (Å²) >= 11 is 12.6. The molecule has 0 atom stereocenters. The van der Waals surface area contributed by atoms with Gasteiger partial charge in [-0.25, -0.2) is 4.68 Å². The number of benzene rings is 2. The summed E-state index contributed by atoms with van der Waals surface area (Å²) in [4.78, 5) is 0. The number of anilines is 1. The third kappa shape index (κ3) is 3.71. The lowest BCUT2D eigenvalue weighted by molar-refractivity contribution is -0.137. The number of nitrogens with zero attached hydrogens (tertiary/aromatic N) is 2. The highest BCUT2D eigenvalue weighted by atomic mass is 35.5. The zero-order chi connectivity index (χ0) is 20.8. The van der Waals surface area contributed by atoms with E-state index in [1.807, 2.05) is 19.1 Å². The van der Waals surface area contributed by atoms with Crippen LogP contribution in [0.25, 0.3) is 16.9 Å². The molecule has 152 valence electrons. The zero-order valence-electron chi connectivity index (χ0n) is 15.6. The second-order valence-electron chi connectivity index (χ2n) is 7.05.